The second kappa shape index (κ2) is 6.48. The first-order valence-corrected chi connectivity index (χ1v) is 8.33. The highest BCUT2D eigenvalue weighted by molar-refractivity contribution is 6.05. The highest BCUT2D eigenvalue weighted by atomic mass is 16.6. The summed E-state index contributed by atoms with van der Waals surface area (Å²) in [6.45, 7) is -0.298. The van der Waals surface area contributed by atoms with Crippen LogP contribution in [0.1, 0.15) is 11.1 Å². The molecule has 1 aliphatic rings. The zero-order valence-electron chi connectivity index (χ0n) is 13.9. The quantitative estimate of drug-likeness (QED) is 0.561. The van der Waals surface area contributed by atoms with E-state index in [9.17, 15) is 14.9 Å². The number of nitrogens with one attached hydrogen (secondary N) is 1. The summed E-state index contributed by atoms with van der Waals surface area (Å²) < 4.78 is 5.35. The van der Waals surface area contributed by atoms with E-state index in [4.69, 9.17) is 4.74 Å². The molecule has 0 aliphatic heterocycles. The van der Waals surface area contributed by atoms with Crippen molar-refractivity contribution in [1.29, 1.82) is 0 Å². The van der Waals surface area contributed by atoms with Crippen LogP contribution in [0.15, 0.2) is 54.6 Å². The summed E-state index contributed by atoms with van der Waals surface area (Å²) in [4.78, 5) is 22.8. The van der Waals surface area contributed by atoms with Crippen molar-refractivity contribution >= 4 is 28.1 Å². The average molecular weight is 348 g/mol. The molecule has 6 heteroatoms. The number of hydrogen-bond donors (Lipinski definition) is 1. The average Bonchev–Trinajstić information content (AvgIpc) is 3.07. The summed E-state index contributed by atoms with van der Waals surface area (Å²) in [5.41, 5.74) is 3.16. The maximum atomic E-state index is 12.3. The number of aryl methyl sites for hydroxylation is 2. The minimum atomic E-state index is -0.531. The smallest absolute Gasteiger partial charge is 0.310 e. The van der Waals surface area contributed by atoms with Crippen LogP contribution in [-0.4, -0.2) is 17.4 Å². The Bertz CT molecular complexity index is 1020. The summed E-state index contributed by atoms with van der Waals surface area (Å²) in [6.07, 6.45) is 2.04. The van der Waals surface area contributed by atoms with E-state index < -0.39 is 4.92 Å². The number of nitrogens with zero attached hydrogens (tertiary/aromatic N) is 1. The van der Waals surface area contributed by atoms with Crippen LogP contribution in [0.4, 0.5) is 11.4 Å². The van der Waals surface area contributed by atoms with Gasteiger partial charge in [-0.2, -0.15) is 0 Å². The summed E-state index contributed by atoms with van der Waals surface area (Å²) in [7, 11) is 0. The van der Waals surface area contributed by atoms with E-state index in [0.29, 0.717) is 0 Å². The van der Waals surface area contributed by atoms with Crippen LogP contribution in [0.3, 0.4) is 0 Å². The van der Waals surface area contributed by atoms with Gasteiger partial charge in [0.2, 0.25) is 0 Å². The standard InChI is InChI=1S/C20H16N2O4/c23-19(12-26-18-7-2-1-6-17(18)22(24)25)21-16-11-10-14-9-8-13-4-3-5-15(16)20(13)14/h1-7,10-11H,8-9,12H2,(H,21,23). The Morgan fingerprint density at radius 1 is 1.04 bits per heavy atom. The second-order valence-corrected chi connectivity index (χ2v) is 6.17. The van der Waals surface area contributed by atoms with Gasteiger partial charge in [0.1, 0.15) is 0 Å². The van der Waals surface area contributed by atoms with Gasteiger partial charge in [-0.25, -0.2) is 0 Å². The Balaban J connectivity index is 1.52. The lowest BCUT2D eigenvalue weighted by Gasteiger charge is -2.11. The van der Waals surface area contributed by atoms with E-state index in [2.05, 4.69) is 11.4 Å². The molecule has 0 bridgehead atoms. The van der Waals surface area contributed by atoms with E-state index in [0.717, 1.165) is 23.9 Å². The Morgan fingerprint density at radius 3 is 2.62 bits per heavy atom. The van der Waals surface area contributed by atoms with E-state index in [1.54, 1.807) is 12.1 Å². The lowest BCUT2D eigenvalue weighted by Crippen LogP contribution is -2.20. The molecule has 0 spiro atoms. The number of ether oxygens (including phenoxy) is 1. The van der Waals surface area contributed by atoms with E-state index in [1.807, 2.05) is 24.3 Å². The molecule has 3 aromatic rings. The van der Waals surface area contributed by atoms with Crippen molar-refractivity contribution < 1.29 is 14.5 Å². The van der Waals surface area contributed by atoms with Crippen LogP contribution in [0.5, 0.6) is 5.75 Å². The molecule has 1 amide bonds. The number of benzene rings is 3. The van der Waals surface area contributed by atoms with Gasteiger partial charge in [-0.1, -0.05) is 36.4 Å². The third kappa shape index (κ3) is 2.86. The molecule has 0 fully saturated rings. The van der Waals surface area contributed by atoms with Crippen LogP contribution >= 0.6 is 0 Å². The molecule has 0 aromatic heterocycles. The fourth-order valence-corrected chi connectivity index (χ4v) is 3.42. The number of amides is 1. The molecule has 0 radical (unpaired) electrons. The molecule has 3 aromatic carbocycles. The van der Waals surface area contributed by atoms with Crippen molar-refractivity contribution in [3.05, 3.63) is 75.8 Å². The van der Waals surface area contributed by atoms with E-state index in [1.165, 1.54) is 28.6 Å². The third-order valence-corrected chi connectivity index (χ3v) is 4.57. The molecule has 1 aliphatic carbocycles. The van der Waals surface area contributed by atoms with Crippen molar-refractivity contribution in [3.8, 4) is 5.75 Å². The van der Waals surface area contributed by atoms with Gasteiger partial charge in [-0.3, -0.25) is 14.9 Å². The normalized spacial score (nSPS) is 12.2. The molecule has 4 rings (SSSR count). The highest BCUT2D eigenvalue weighted by Gasteiger charge is 2.18. The van der Waals surface area contributed by atoms with Crippen molar-refractivity contribution in [2.75, 3.05) is 11.9 Å². The van der Waals surface area contributed by atoms with E-state index in [-0.39, 0.29) is 24.0 Å². The predicted octanol–water partition coefficient (Wildman–Crippen LogP) is 3.86. The largest absolute Gasteiger partial charge is 0.477 e. The van der Waals surface area contributed by atoms with Crippen LogP contribution in [0, 0.1) is 10.1 Å². The monoisotopic (exact) mass is 348 g/mol. The molecule has 130 valence electrons. The van der Waals surface area contributed by atoms with Crippen LogP contribution in [0.25, 0.3) is 10.8 Å². The van der Waals surface area contributed by atoms with Crippen LogP contribution in [0.2, 0.25) is 0 Å². The molecular weight excluding hydrogens is 332 g/mol. The number of para-hydroxylation sites is 2. The molecule has 0 heterocycles. The fraction of sp³-hybridized carbons (Fsp3) is 0.150. The summed E-state index contributed by atoms with van der Waals surface area (Å²) >= 11 is 0. The Kier molecular flexibility index (Phi) is 4.01. The minimum absolute atomic E-state index is 0.0769. The van der Waals surface area contributed by atoms with Gasteiger partial charge in [0, 0.05) is 17.1 Å². The maximum Gasteiger partial charge on any atom is 0.310 e. The zero-order valence-corrected chi connectivity index (χ0v) is 13.9. The fourth-order valence-electron chi connectivity index (χ4n) is 3.42. The van der Waals surface area contributed by atoms with Gasteiger partial charge in [0.15, 0.2) is 12.4 Å². The van der Waals surface area contributed by atoms with Crippen LogP contribution < -0.4 is 10.1 Å². The Labute approximate surface area is 149 Å². The van der Waals surface area contributed by atoms with Gasteiger partial charge >= 0.3 is 5.69 Å². The van der Waals surface area contributed by atoms with Gasteiger partial charge in [-0.15, -0.1) is 0 Å². The topological polar surface area (TPSA) is 81.5 Å². The van der Waals surface area contributed by atoms with Crippen LogP contribution in [-0.2, 0) is 17.6 Å². The number of nitro benzene ring substituents is 1. The van der Waals surface area contributed by atoms with Gasteiger partial charge < -0.3 is 10.1 Å². The Morgan fingerprint density at radius 2 is 1.81 bits per heavy atom. The van der Waals surface area contributed by atoms with Crippen molar-refractivity contribution in [2.45, 2.75) is 12.8 Å². The molecule has 1 N–H and O–H groups in total. The minimum Gasteiger partial charge on any atom is -0.477 e. The number of carbonyl (C=O) groups excluding carboxylic acids is 1. The molecule has 6 nitrogen and oxygen atoms in total. The highest BCUT2D eigenvalue weighted by Crippen LogP contribution is 2.35. The lowest BCUT2D eigenvalue weighted by molar-refractivity contribution is -0.385. The summed E-state index contributed by atoms with van der Waals surface area (Å²) in [5, 5.41) is 16.1. The first-order valence-electron chi connectivity index (χ1n) is 8.33. The van der Waals surface area contributed by atoms with Crippen molar-refractivity contribution in [3.63, 3.8) is 0 Å². The summed E-state index contributed by atoms with van der Waals surface area (Å²) in [5.74, 6) is -0.282. The number of rotatable bonds is 5. The lowest BCUT2D eigenvalue weighted by atomic mass is 10.0. The zero-order chi connectivity index (χ0) is 18.1. The number of nitro groups is 1. The second-order valence-electron chi connectivity index (χ2n) is 6.17. The maximum absolute atomic E-state index is 12.3. The number of carbonyl (C=O) groups is 1. The molecule has 26 heavy (non-hydrogen) atoms. The SMILES string of the molecule is O=C(COc1ccccc1[N+](=O)[O-])Nc1ccc2c3c(cccc13)CC2. The number of hydrogen-bond acceptors (Lipinski definition) is 4. The third-order valence-electron chi connectivity index (χ3n) is 4.57. The Hall–Kier alpha value is -3.41. The van der Waals surface area contributed by atoms with Crippen molar-refractivity contribution in [2.24, 2.45) is 0 Å². The molecule has 0 atom stereocenters. The number of anilines is 1. The van der Waals surface area contributed by atoms with Gasteiger partial charge in [0.05, 0.1) is 4.92 Å². The predicted molar refractivity (Wildman–Crippen MR) is 98.6 cm³/mol. The molecular formula is C20H16N2O4. The van der Waals surface area contributed by atoms with Gasteiger partial charge in [0.25, 0.3) is 5.91 Å². The summed E-state index contributed by atoms with van der Waals surface area (Å²) in [6, 6.07) is 16.0. The van der Waals surface area contributed by atoms with E-state index >= 15 is 0 Å². The molecule has 0 unspecified atom stereocenters. The first kappa shape index (κ1) is 16.1. The van der Waals surface area contributed by atoms with Gasteiger partial charge in [-0.05, 0) is 41.5 Å². The van der Waals surface area contributed by atoms with Crippen molar-refractivity contribution in [1.82, 2.24) is 0 Å². The first-order chi connectivity index (χ1) is 12.6. The molecule has 0 saturated carbocycles. The molecule has 0 saturated heterocycles.